The molecule has 10 heteroatoms. The largest absolute Gasteiger partial charge is 0.481 e. The molecule has 3 aromatic rings. The zero-order chi connectivity index (χ0) is 23.2. The Morgan fingerprint density at radius 1 is 1.12 bits per heavy atom. The number of halogens is 1. The molecule has 0 aliphatic carbocycles. The van der Waals surface area contributed by atoms with E-state index < -0.39 is 5.97 Å². The van der Waals surface area contributed by atoms with Gasteiger partial charge < -0.3 is 25.6 Å². The minimum absolute atomic E-state index is 0. The number of hydrogen-bond acceptors (Lipinski definition) is 5. The first-order valence-corrected chi connectivity index (χ1v) is 11.1. The average molecular weight is 486 g/mol. The number of H-pyrrole nitrogens is 1. The number of carboxylic acid groups (broad SMARTS) is 1. The van der Waals surface area contributed by atoms with Gasteiger partial charge >= 0.3 is 5.97 Å². The summed E-state index contributed by atoms with van der Waals surface area (Å²) in [5, 5.41) is 15.3. The number of imidazole rings is 1. The van der Waals surface area contributed by atoms with Crippen LogP contribution in [-0.4, -0.2) is 63.9 Å². The van der Waals surface area contributed by atoms with Crippen molar-refractivity contribution in [1.29, 1.82) is 0 Å². The van der Waals surface area contributed by atoms with Crippen LogP contribution in [0.2, 0.25) is 0 Å². The Bertz CT molecular complexity index is 1130. The Morgan fingerprint density at radius 2 is 1.88 bits per heavy atom. The summed E-state index contributed by atoms with van der Waals surface area (Å²) in [6, 6.07) is 14.8. The van der Waals surface area contributed by atoms with Gasteiger partial charge in [0.25, 0.3) is 5.91 Å². The topological polar surface area (TPSA) is 127 Å². The minimum atomic E-state index is -0.898. The smallest absolute Gasteiger partial charge is 0.303 e. The predicted octanol–water partition coefficient (Wildman–Crippen LogP) is 3.01. The van der Waals surface area contributed by atoms with Gasteiger partial charge in [0, 0.05) is 25.2 Å². The number of nitrogens with one attached hydrogen (secondary N) is 3. The quantitative estimate of drug-likeness (QED) is 0.345. The number of anilines is 1. The summed E-state index contributed by atoms with van der Waals surface area (Å²) < 4.78 is 0. The first kappa shape index (κ1) is 25.0. The number of benzene rings is 2. The van der Waals surface area contributed by atoms with E-state index in [-0.39, 0.29) is 43.1 Å². The zero-order valence-electron chi connectivity index (χ0n) is 18.6. The summed E-state index contributed by atoms with van der Waals surface area (Å²) in [6.07, 6.45) is 1.16. The standard InChI is InChI=1S/C24H27N5O4.ClH/c30-21(25-11-5-12-26-24-27-19-8-3-4-9-20(19)28-24)15-29-13-10-16(14-22(31)32)17-6-1-2-7-18(17)23(29)33;/h1-4,6-9,16H,5,10-15H2,(H,25,30)(H,31,32)(H2,26,27,28);1H. The number of aromatic amines is 1. The van der Waals surface area contributed by atoms with Crippen molar-refractivity contribution >= 4 is 47.2 Å². The van der Waals surface area contributed by atoms with Crippen molar-refractivity contribution in [2.45, 2.75) is 25.2 Å². The fourth-order valence-corrected chi connectivity index (χ4v) is 4.15. The number of aliphatic carboxylic acids is 1. The maximum absolute atomic E-state index is 13.0. The third-order valence-electron chi connectivity index (χ3n) is 5.78. The molecule has 2 aromatic carbocycles. The summed E-state index contributed by atoms with van der Waals surface area (Å²) in [5.41, 5.74) is 3.07. The molecular formula is C24H28ClN5O4. The maximum Gasteiger partial charge on any atom is 0.303 e. The lowest BCUT2D eigenvalue weighted by Crippen LogP contribution is -2.41. The third kappa shape index (κ3) is 6.05. The highest BCUT2D eigenvalue weighted by Gasteiger charge is 2.29. The zero-order valence-corrected chi connectivity index (χ0v) is 19.4. The van der Waals surface area contributed by atoms with Crippen molar-refractivity contribution in [3.63, 3.8) is 0 Å². The molecule has 34 heavy (non-hydrogen) atoms. The van der Waals surface area contributed by atoms with Crippen LogP contribution in [0.25, 0.3) is 11.0 Å². The Morgan fingerprint density at radius 3 is 2.68 bits per heavy atom. The molecule has 1 aliphatic rings. The highest BCUT2D eigenvalue weighted by Crippen LogP contribution is 2.31. The number of amides is 2. The number of para-hydroxylation sites is 2. The summed E-state index contributed by atoms with van der Waals surface area (Å²) >= 11 is 0. The summed E-state index contributed by atoms with van der Waals surface area (Å²) in [4.78, 5) is 45.8. The van der Waals surface area contributed by atoms with Crippen molar-refractivity contribution < 1.29 is 19.5 Å². The van der Waals surface area contributed by atoms with Crippen LogP contribution in [-0.2, 0) is 9.59 Å². The van der Waals surface area contributed by atoms with Crippen molar-refractivity contribution in [3.8, 4) is 0 Å². The van der Waals surface area contributed by atoms with E-state index in [1.165, 1.54) is 4.90 Å². The Labute approximate surface area is 203 Å². The number of rotatable bonds is 9. The van der Waals surface area contributed by atoms with Crippen LogP contribution in [0.3, 0.4) is 0 Å². The molecule has 0 spiro atoms. The molecule has 180 valence electrons. The van der Waals surface area contributed by atoms with E-state index in [0.29, 0.717) is 44.0 Å². The average Bonchev–Trinajstić information content (AvgIpc) is 3.17. The molecule has 0 saturated carbocycles. The monoisotopic (exact) mass is 485 g/mol. The van der Waals surface area contributed by atoms with Crippen molar-refractivity contribution in [2.75, 3.05) is 31.5 Å². The molecule has 2 amide bonds. The van der Waals surface area contributed by atoms with Crippen LogP contribution < -0.4 is 10.6 Å². The molecule has 0 fully saturated rings. The van der Waals surface area contributed by atoms with E-state index in [1.54, 1.807) is 18.2 Å². The molecule has 1 aromatic heterocycles. The Hall–Kier alpha value is -3.59. The van der Waals surface area contributed by atoms with Crippen LogP contribution >= 0.6 is 12.4 Å². The fourth-order valence-electron chi connectivity index (χ4n) is 4.15. The minimum Gasteiger partial charge on any atom is -0.481 e. The highest BCUT2D eigenvalue weighted by molar-refractivity contribution is 5.98. The second-order valence-corrected chi connectivity index (χ2v) is 8.13. The van der Waals surface area contributed by atoms with Gasteiger partial charge in [0.05, 0.1) is 24.0 Å². The lowest BCUT2D eigenvalue weighted by molar-refractivity contribution is -0.137. The van der Waals surface area contributed by atoms with Gasteiger partial charge in [-0.2, -0.15) is 0 Å². The normalized spacial score (nSPS) is 15.2. The van der Waals surface area contributed by atoms with E-state index in [1.807, 2.05) is 30.3 Å². The molecule has 0 radical (unpaired) electrons. The Balaban J connectivity index is 0.00000324. The number of nitrogens with zero attached hydrogens (tertiary/aromatic N) is 2. The van der Waals surface area contributed by atoms with Gasteiger partial charge in [0.1, 0.15) is 0 Å². The number of fused-ring (bicyclic) bond motifs is 2. The van der Waals surface area contributed by atoms with Crippen molar-refractivity contribution in [1.82, 2.24) is 20.2 Å². The van der Waals surface area contributed by atoms with Crippen LogP contribution in [0.1, 0.15) is 41.1 Å². The molecular weight excluding hydrogens is 458 g/mol. The van der Waals surface area contributed by atoms with Gasteiger partial charge in [-0.15, -0.1) is 12.4 Å². The van der Waals surface area contributed by atoms with Crippen LogP contribution in [0.15, 0.2) is 48.5 Å². The van der Waals surface area contributed by atoms with E-state index in [9.17, 15) is 19.5 Å². The van der Waals surface area contributed by atoms with Gasteiger partial charge in [0.2, 0.25) is 11.9 Å². The van der Waals surface area contributed by atoms with Crippen LogP contribution in [0.5, 0.6) is 0 Å². The summed E-state index contributed by atoms with van der Waals surface area (Å²) in [7, 11) is 0. The van der Waals surface area contributed by atoms with E-state index >= 15 is 0 Å². The second kappa shape index (κ2) is 11.5. The van der Waals surface area contributed by atoms with Gasteiger partial charge in [-0.05, 0) is 42.5 Å². The first-order valence-electron chi connectivity index (χ1n) is 11.1. The number of aromatic nitrogens is 2. The molecule has 9 nitrogen and oxygen atoms in total. The van der Waals surface area contributed by atoms with E-state index in [2.05, 4.69) is 20.6 Å². The SMILES string of the molecule is Cl.O=C(O)CC1CCN(CC(=O)NCCCNc2nc3ccccc3[nH]2)C(=O)c2ccccc21. The third-order valence-corrected chi connectivity index (χ3v) is 5.78. The summed E-state index contributed by atoms with van der Waals surface area (Å²) in [5.74, 6) is -0.932. The van der Waals surface area contributed by atoms with Gasteiger partial charge in [0.15, 0.2) is 0 Å². The van der Waals surface area contributed by atoms with Gasteiger partial charge in [-0.3, -0.25) is 14.4 Å². The molecule has 2 heterocycles. The molecule has 1 unspecified atom stereocenters. The maximum atomic E-state index is 13.0. The van der Waals surface area contributed by atoms with Crippen LogP contribution in [0.4, 0.5) is 5.95 Å². The first-order chi connectivity index (χ1) is 16.0. The lowest BCUT2D eigenvalue weighted by Gasteiger charge is -2.20. The fraction of sp³-hybridized carbons (Fsp3) is 0.333. The van der Waals surface area contributed by atoms with Crippen molar-refractivity contribution in [2.24, 2.45) is 0 Å². The lowest BCUT2D eigenvalue weighted by atomic mass is 9.90. The molecule has 4 rings (SSSR count). The van der Waals surface area contributed by atoms with Gasteiger partial charge in [-0.25, -0.2) is 4.98 Å². The van der Waals surface area contributed by atoms with Crippen LogP contribution in [0, 0.1) is 0 Å². The molecule has 1 aliphatic heterocycles. The molecule has 4 N–H and O–H groups in total. The summed E-state index contributed by atoms with van der Waals surface area (Å²) in [6.45, 7) is 1.38. The Kier molecular flexibility index (Phi) is 8.48. The number of carboxylic acids is 1. The molecule has 0 saturated heterocycles. The molecule has 0 bridgehead atoms. The number of hydrogen-bond donors (Lipinski definition) is 4. The highest BCUT2D eigenvalue weighted by atomic mass is 35.5. The number of carbonyl (C=O) groups is 3. The van der Waals surface area contributed by atoms with Crippen molar-refractivity contribution in [3.05, 3.63) is 59.7 Å². The number of carbonyl (C=O) groups excluding carboxylic acids is 2. The van der Waals surface area contributed by atoms with Gasteiger partial charge in [-0.1, -0.05) is 30.3 Å². The van der Waals surface area contributed by atoms with E-state index in [4.69, 9.17) is 0 Å². The second-order valence-electron chi connectivity index (χ2n) is 8.13. The molecule has 1 atom stereocenters. The van der Waals surface area contributed by atoms with E-state index in [0.717, 1.165) is 16.6 Å². The predicted molar refractivity (Wildman–Crippen MR) is 131 cm³/mol.